The Kier molecular flexibility index (Phi) is 18.0. The molecular formula is C38H50FN5O. The van der Waals surface area contributed by atoms with E-state index in [9.17, 15) is 4.39 Å². The second kappa shape index (κ2) is 21.1. The Bertz CT molecular complexity index is 1450. The molecule has 7 heteroatoms. The molecule has 45 heavy (non-hydrogen) atoms. The van der Waals surface area contributed by atoms with Crippen molar-refractivity contribution in [2.24, 2.45) is 4.99 Å². The number of hydrogen-bond acceptors (Lipinski definition) is 5. The van der Waals surface area contributed by atoms with Crippen LogP contribution in [0, 0.1) is 19.8 Å². The first-order chi connectivity index (χ1) is 21.9. The lowest BCUT2D eigenvalue weighted by Gasteiger charge is -2.47. The summed E-state index contributed by atoms with van der Waals surface area (Å²) in [6.07, 6.45) is 36.8. The smallest absolute Gasteiger partial charge is 0.146 e. The maximum Gasteiger partial charge on any atom is 0.146 e. The summed E-state index contributed by atoms with van der Waals surface area (Å²) in [7, 11) is 1.00. The minimum absolute atomic E-state index is 0.0468. The summed E-state index contributed by atoms with van der Waals surface area (Å²) < 4.78 is 15.6. The van der Waals surface area contributed by atoms with E-state index in [4.69, 9.17) is 10.1 Å². The van der Waals surface area contributed by atoms with Crippen molar-refractivity contribution in [3.8, 4) is 12.8 Å². The Labute approximate surface area is 270 Å². The van der Waals surface area contributed by atoms with Crippen molar-refractivity contribution in [2.45, 2.75) is 66.8 Å². The number of terminal acetylenes is 1. The average Bonchev–Trinajstić information content (AvgIpc) is 3.38. The number of piperidine rings is 1. The number of aliphatic hydroxyl groups excluding tert-OH is 1. The highest BCUT2D eigenvalue weighted by Crippen LogP contribution is 2.31. The molecule has 0 radical (unpaired) electrons. The summed E-state index contributed by atoms with van der Waals surface area (Å²) >= 11 is 0. The van der Waals surface area contributed by atoms with Gasteiger partial charge in [-0.25, -0.2) is 9.37 Å². The Hall–Kier alpha value is -4.63. The summed E-state index contributed by atoms with van der Waals surface area (Å²) in [4.78, 5) is 9.64. The maximum absolute atomic E-state index is 13.6. The van der Waals surface area contributed by atoms with Crippen molar-refractivity contribution in [1.82, 2.24) is 19.6 Å². The SMILES string of the molecule is C#C.C=C(F)/C=C\C(=C/C)N1CC(C(/C=C\CC)=C/C)N=C2/C(=C/C3=C=CC=C(n4cnc(C)c4)C=C3)CCCN21.CC.CO. The largest absolute Gasteiger partial charge is 0.400 e. The number of hydrogen-bond donors (Lipinski definition) is 1. The van der Waals surface area contributed by atoms with Gasteiger partial charge in [-0.05, 0) is 93.7 Å². The molecule has 1 aromatic rings. The Morgan fingerprint density at radius 3 is 2.49 bits per heavy atom. The molecule has 1 saturated heterocycles. The van der Waals surface area contributed by atoms with Gasteiger partial charge < -0.3 is 9.67 Å². The number of rotatable bonds is 8. The average molecular weight is 612 g/mol. The van der Waals surface area contributed by atoms with Gasteiger partial charge in [-0.1, -0.05) is 51.7 Å². The van der Waals surface area contributed by atoms with Gasteiger partial charge in [0, 0.05) is 31.1 Å². The number of halogens is 1. The third-order valence-electron chi connectivity index (χ3n) is 6.83. The number of aromatic nitrogens is 2. The first-order valence-corrected chi connectivity index (χ1v) is 15.4. The van der Waals surface area contributed by atoms with Crippen molar-refractivity contribution >= 4 is 11.5 Å². The van der Waals surface area contributed by atoms with Crippen LogP contribution in [0.1, 0.15) is 59.6 Å². The van der Waals surface area contributed by atoms with Gasteiger partial charge in [0.25, 0.3) is 0 Å². The second-order valence-electron chi connectivity index (χ2n) is 9.65. The van der Waals surface area contributed by atoms with Crippen LogP contribution in [-0.4, -0.2) is 56.8 Å². The van der Waals surface area contributed by atoms with Crippen LogP contribution in [-0.2, 0) is 0 Å². The zero-order valence-corrected chi connectivity index (χ0v) is 28.0. The Morgan fingerprint density at radius 1 is 1.16 bits per heavy atom. The quantitative estimate of drug-likeness (QED) is 0.182. The van der Waals surface area contributed by atoms with Crippen LogP contribution in [0.15, 0.2) is 125 Å². The number of nitrogens with zero attached hydrogens (tertiary/aromatic N) is 5. The summed E-state index contributed by atoms with van der Waals surface area (Å²) in [5.74, 6) is 0.493. The molecule has 6 nitrogen and oxygen atoms in total. The molecule has 0 spiro atoms. The van der Waals surface area contributed by atoms with Crippen LogP contribution in [0.25, 0.3) is 5.70 Å². The van der Waals surface area contributed by atoms with E-state index >= 15 is 0 Å². The Balaban J connectivity index is 0.00000159. The van der Waals surface area contributed by atoms with Crippen molar-refractivity contribution in [3.63, 3.8) is 0 Å². The van der Waals surface area contributed by atoms with Crippen LogP contribution in [0.3, 0.4) is 0 Å². The normalized spacial score (nSPS) is 18.9. The molecule has 0 amide bonds. The molecule has 0 aromatic carbocycles. The zero-order valence-electron chi connectivity index (χ0n) is 28.0. The van der Waals surface area contributed by atoms with Gasteiger partial charge in [-0.2, -0.15) is 0 Å². The first kappa shape index (κ1) is 38.4. The summed E-state index contributed by atoms with van der Waals surface area (Å²) in [6.45, 7) is 17.1. The van der Waals surface area contributed by atoms with Gasteiger partial charge in [0.2, 0.25) is 0 Å². The fourth-order valence-electron chi connectivity index (χ4n) is 4.87. The molecule has 4 rings (SSSR count). The van der Waals surface area contributed by atoms with Crippen molar-refractivity contribution in [3.05, 3.63) is 126 Å². The van der Waals surface area contributed by atoms with Gasteiger partial charge in [-0.15, -0.1) is 18.6 Å². The lowest BCUT2D eigenvalue weighted by molar-refractivity contribution is 0.0681. The van der Waals surface area contributed by atoms with Gasteiger partial charge in [0.05, 0.1) is 30.3 Å². The number of amidine groups is 1. The van der Waals surface area contributed by atoms with Crippen LogP contribution in [0.4, 0.5) is 4.39 Å². The molecule has 1 fully saturated rings. The van der Waals surface area contributed by atoms with Gasteiger partial charge in [0.15, 0.2) is 0 Å². The maximum atomic E-state index is 13.6. The lowest BCUT2D eigenvalue weighted by Crippen LogP contribution is -2.55. The number of imidazole rings is 1. The molecule has 1 unspecified atom stereocenters. The predicted molar refractivity (Wildman–Crippen MR) is 190 cm³/mol. The number of aryl methyl sites for hydroxylation is 1. The van der Waals surface area contributed by atoms with E-state index in [0.29, 0.717) is 6.54 Å². The van der Waals surface area contributed by atoms with E-state index in [0.717, 1.165) is 61.4 Å². The summed E-state index contributed by atoms with van der Waals surface area (Å²) in [6, 6.07) is -0.0468. The van der Waals surface area contributed by atoms with Gasteiger partial charge in [0.1, 0.15) is 11.7 Å². The first-order valence-electron chi connectivity index (χ1n) is 15.4. The molecule has 0 saturated carbocycles. The van der Waals surface area contributed by atoms with Crippen LogP contribution < -0.4 is 0 Å². The van der Waals surface area contributed by atoms with Crippen LogP contribution in [0.5, 0.6) is 0 Å². The molecule has 1 aromatic heterocycles. The number of fused-ring (bicyclic) bond motifs is 1. The molecule has 2 aliphatic heterocycles. The summed E-state index contributed by atoms with van der Waals surface area (Å²) in [5.41, 5.74) is 9.67. The van der Waals surface area contributed by atoms with E-state index < -0.39 is 5.83 Å². The number of aliphatic hydroxyl groups is 1. The van der Waals surface area contributed by atoms with E-state index in [-0.39, 0.29) is 6.04 Å². The summed E-state index contributed by atoms with van der Waals surface area (Å²) in [5, 5.41) is 11.5. The molecule has 240 valence electrons. The van der Waals surface area contributed by atoms with Crippen molar-refractivity contribution in [2.75, 3.05) is 20.2 Å². The second-order valence-corrected chi connectivity index (χ2v) is 9.65. The minimum Gasteiger partial charge on any atom is -0.400 e. The van der Waals surface area contributed by atoms with E-state index in [1.54, 1.807) is 6.08 Å². The highest BCUT2D eigenvalue weighted by Gasteiger charge is 2.34. The topological polar surface area (TPSA) is 56.9 Å². The van der Waals surface area contributed by atoms with Crippen molar-refractivity contribution in [1.29, 1.82) is 0 Å². The minimum atomic E-state index is -0.464. The van der Waals surface area contributed by atoms with Gasteiger partial charge >= 0.3 is 0 Å². The molecular weight excluding hydrogens is 561 g/mol. The number of allylic oxidation sites excluding steroid dienone is 12. The highest BCUT2D eigenvalue weighted by atomic mass is 19.1. The lowest BCUT2D eigenvalue weighted by atomic mass is 9.98. The molecule has 0 bridgehead atoms. The third kappa shape index (κ3) is 11.1. The standard InChI is InChI=1S/C33H38FN5.C2H6.C2H2.CH4O/c1-6-9-13-28(7-2)32-23-39(30(8-3)18-16-25(4)34)38-20-11-14-29(33(38)36-32)21-27-12-10-15-31(19-17-27)37-22-26(5)35-24-37;3*1-2/h7-10,13,15-19,21-22,24,32H,4,6,11,14,20,23H2,1-3,5H3;1-2H3;1-2H;2H,1H3/b13-9-,18-16-,28-7+,29-21+,30-8+;;;. The van der Waals surface area contributed by atoms with Crippen molar-refractivity contribution < 1.29 is 9.50 Å². The molecule has 1 atom stereocenters. The van der Waals surface area contributed by atoms with Gasteiger partial charge in [-0.3, -0.25) is 15.0 Å². The molecule has 1 aliphatic carbocycles. The number of hydrazine groups is 1. The molecule has 3 aliphatic rings. The fraction of sp³-hybridized carbons (Fsp3) is 0.342. The zero-order chi connectivity index (χ0) is 33.8. The Morgan fingerprint density at radius 2 is 1.89 bits per heavy atom. The molecule has 1 N–H and O–H groups in total. The van der Waals surface area contributed by atoms with E-state index in [1.807, 2.05) is 63.0 Å². The van der Waals surface area contributed by atoms with Crippen LogP contribution >= 0.6 is 0 Å². The predicted octanol–water partition coefficient (Wildman–Crippen LogP) is 8.44. The highest BCUT2D eigenvalue weighted by molar-refractivity contribution is 6.00. The van der Waals surface area contributed by atoms with E-state index in [1.165, 1.54) is 17.2 Å². The third-order valence-corrected chi connectivity index (χ3v) is 6.83. The fourth-order valence-corrected chi connectivity index (χ4v) is 4.87. The van der Waals surface area contributed by atoms with Crippen LogP contribution in [0.2, 0.25) is 0 Å². The monoisotopic (exact) mass is 611 g/mol. The van der Waals surface area contributed by atoms with E-state index in [2.05, 4.69) is 90.5 Å². The number of aliphatic imine (C=N–C) groups is 1. The molecule has 3 heterocycles.